The largest absolute Gasteiger partial charge is 0.365 e. The molecule has 180 valence electrons. The van der Waals surface area contributed by atoms with Crippen molar-refractivity contribution in [3.63, 3.8) is 0 Å². The number of aromatic nitrogens is 4. The Morgan fingerprint density at radius 3 is 2.62 bits per heavy atom. The van der Waals surface area contributed by atoms with Gasteiger partial charge in [-0.3, -0.25) is 13.9 Å². The monoisotopic (exact) mass is 462 g/mol. The van der Waals surface area contributed by atoms with Crippen LogP contribution < -0.4 is 16.3 Å². The van der Waals surface area contributed by atoms with E-state index in [1.54, 1.807) is 6.92 Å². The van der Waals surface area contributed by atoms with Crippen molar-refractivity contribution in [3.8, 4) is 11.5 Å². The standard InChI is InChI=1S/C26H34N6O2/c1-3-13-31-25-22(29-23(30-25)20-11-9-19(10-12-20)15-27-17(2)33)24-28-21(16-32(24)26(31)34)14-18-7-5-4-6-8-18/h4-8,19-21,28H,3,9-16H2,1-2H3,(H,27,33)/t19?,20?,21-/m1/s1. The Labute approximate surface area is 200 Å². The lowest BCUT2D eigenvalue weighted by molar-refractivity contribution is -0.119. The average Bonchev–Trinajstić information content (AvgIpc) is 3.46. The van der Waals surface area contributed by atoms with Gasteiger partial charge in [0.05, 0.1) is 0 Å². The van der Waals surface area contributed by atoms with Gasteiger partial charge in [0, 0.05) is 38.5 Å². The van der Waals surface area contributed by atoms with Crippen LogP contribution in [0.2, 0.25) is 0 Å². The molecule has 0 unspecified atom stereocenters. The van der Waals surface area contributed by atoms with Gasteiger partial charge in [-0.25, -0.2) is 14.8 Å². The Hall–Kier alpha value is -3.16. The van der Waals surface area contributed by atoms with E-state index in [1.807, 2.05) is 15.2 Å². The van der Waals surface area contributed by atoms with Crippen molar-refractivity contribution in [1.82, 2.24) is 24.4 Å². The van der Waals surface area contributed by atoms with Crippen LogP contribution in [0.1, 0.15) is 63.3 Å². The summed E-state index contributed by atoms with van der Waals surface area (Å²) >= 11 is 0. The number of rotatable bonds is 7. The molecule has 0 bridgehead atoms. The molecule has 0 aromatic heterocycles. The predicted molar refractivity (Wildman–Crippen MR) is 132 cm³/mol. The SMILES string of the molecule is CCCn1c2nc(C3CCC(CNC(C)=O)CC3)nc-2c2n(c1=O)C[C@@H](Cc1ccccc1)N2. The quantitative estimate of drug-likeness (QED) is 0.561. The highest BCUT2D eigenvalue weighted by molar-refractivity contribution is 5.72. The number of nitrogens with zero attached hydrogens (tertiary/aromatic N) is 4. The van der Waals surface area contributed by atoms with Crippen molar-refractivity contribution < 1.29 is 4.79 Å². The summed E-state index contributed by atoms with van der Waals surface area (Å²) in [5.74, 6) is 3.23. The normalized spacial score (nSPS) is 21.9. The van der Waals surface area contributed by atoms with Crippen LogP contribution in [0.25, 0.3) is 11.5 Å². The molecule has 0 spiro atoms. The van der Waals surface area contributed by atoms with E-state index in [9.17, 15) is 9.59 Å². The zero-order chi connectivity index (χ0) is 23.7. The summed E-state index contributed by atoms with van der Waals surface area (Å²) in [5, 5.41) is 6.54. The number of nitrogens with one attached hydrogen (secondary N) is 2. The molecular weight excluding hydrogens is 428 g/mol. The van der Waals surface area contributed by atoms with Gasteiger partial charge in [-0.05, 0) is 50.0 Å². The van der Waals surface area contributed by atoms with Crippen molar-refractivity contribution in [2.24, 2.45) is 5.92 Å². The lowest BCUT2D eigenvalue weighted by Crippen LogP contribution is -2.32. The fraction of sp³-hybridized carbons (Fsp3) is 0.538. The Morgan fingerprint density at radius 2 is 1.91 bits per heavy atom. The average molecular weight is 463 g/mol. The first kappa shape index (κ1) is 22.6. The van der Waals surface area contributed by atoms with E-state index in [4.69, 9.17) is 9.97 Å². The molecule has 0 radical (unpaired) electrons. The van der Waals surface area contributed by atoms with E-state index in [2.05, 4.69) is 41.8 Å². The number of carbonyl (C=O) groups excluding carboxylic acids is 1. The minimum Gasteiger partial charge on any atom is -0.365 e. The van der Waals surface area contributed by atoms with Gasteiger partial charge in [0.2, 0.25) is 5.91 Å². The first-order chi connectivity index (χ1) is 16.5. The minimum absolute atomic E-state index is 0.00197. The first-order valence-corrected chi connectivity index (χ1v) is 12.6. The number of fused-ring (bicyclic) bond motifs is 3. The second-order valence-electron chi connectivity index (χ2n) is 9.83. The number of anilines is 1. The van der Waals surface area contributed by atoms with Crippen LogP contribution in [0.5, 0.6) is 0 Å². The third-order valence-electron chi connectivity index (χ3n) is 7.24. The molecule has 8 nitrogen and oxygen atoms in total. The Balaban J connectivity index is 1.40. The molecule has 1 aromatic carbocycles. The van der Waals surface area contributed by atoms with Crippen LogP contribution in [0.15, 0.2) is 35.1 Å². The summed E-state index contributed by atoms with van der Waals surface area (Å²) in [6.07, 6.45) is 5.86. The minimum atomic E-state index is -0.00197. The Bertz CT molecular complexity index is 1180. The number of hydrogen-bond donors (Lipinski definition) is 2. The number of imidazole rings is 1. The molecule has 0 saturated heterocycles. The van der Waals surface area contributed by atoms with E-state index in [0.29, 0.717) is 30.7 Å². The van der Waals surface area contributed by atoms with Crippen molar-refractivity contribution in [2.45, 2.75) is 77.4 Å². The van der Waals surface area contributed by atoms with Gasteiger partial charge >= 0.3 is 5.69 Å². The summed E-state index contributed by atoms with van der Waals surface area (Å²) in [5.41, 5.74) is 2.07. The van der Waals surface area contributed by atoms with Crippen LogP contribution in [0.3, 0.4) is 0 Å². The number of carbonyl (C=O) groups is 1. The summed E-state index contributed by atoms with van der Waals surface area (Å²) in [4.78, 5) is 34.6. The van der Waals surface area contributed by atoms with Gasteiger partial charge in [-0.15, -0.1) is 0 Å². The van der Waals surface area contributed by atoms with E-state index >= 15 is 0 Å². The second-order valence-corrected chi connectivity index (χ2v) is 9.83. The van der Waals surface area contributed by atoms with Gasteiger partial charge in [0.15, 0.2) is 5.82 Å². The van der Waals surface area contributed by atoms with Crippen molar-refractivity contribution in [3.05, 3.63) is 52.2 Å². The molecular formula is C26H34N6O2. The van der Waals surface area contributed by atoms with Crippen molar-refractivity contribution in [2.75, 3.05) is 11.9 Å². The lowest BCUT2D eigenvalue weighted by Gasteiger charge is -2.26. The second kappa shape index (κ2) is 9.60. The van der Waals surface area contributed by atoms with Crippen molar-refractivity contribution >= 4 is 11.7 Å². The van der Waals surface area contributed by atoms with E-state index in [-0.39, 0.29) is 17.6 Å². The van der Waals surface area contributed by atoms with Gasteiger partial charge in [0.1, 0.15) is 17.3 Å². The fourth-order valence-corrected chi connectivity index (χ4v) is 5.47. The molecule has 5 rings (SSSR count). The predicted octanol–water partition coefficient (Wildman–Crippen LogP) is 3.40. The molecule has 1 aliphatic carbocycles. The zero-order valence-electron chi connectivity index (χ0n) is 20.1. The first-order valence-electron chi connectivity index (χ1n) is 12.6. The third-order valence-corrected chi connectivity index (χ3v) is 7.24. The maximum absolute atomic E-state index is 13.4. The number of hydrogen-bond acceptors (Lipinski definition) is 5. The molecule has 4 aliphatic rings. The Kier molecular flexibility index (Phi) is 6.39. The highest BCUT2D eigenvalue weighted by Crippen LogP contribution is 2.38. The Morgan fingerprint density at radius 1 is 1.15 bits per heavy atom. The van der Waals surface area contributed by atoms with E-state index < -0.39 is 0 Å². The highest BCUT2D eigenvalue weighted by Gasteiger charge is 2.33. The van der Waals surface area contributed by atoms with Gasteiger partial charge < -0.3 is 10.6 Å². The topological polar surface area (TPSA) is 93.8 Å². The third kappa shape index (κ3) is 4.45. The van der Waals surface area contributed by atoms with Crippen LogP contribution in [0, 0.1) is 5.92 Å². The molecule has 34 heavy (non-hydrogen) atoms. The summed E-state index contributed by atoms with van der Waals surface area (Å²) in [7, 11) is 0. The molecule has 1 atom stereocenters. The molecule has 8 heteroatoms. The van der Waals surface area contributed by atoms with E-state index in [0.717, 1.165) is 62.4 Å². The van der Waals surface area contributed by atoms with Gasteiger partial charge in [-0.1, -0.05) is 37.3 Å². The molecule has 3 heterocycles. The molecule has 2 N–H and O–H groups in total. The highest BCUT2D eigenvalue weighted by atomic mass is 16.2. The molecule has 3 aliphatic heterocycles. The summed E-state index contributed by atoms with van der Waals surface area (Å²) < 4.78 is 3.67. The molecule has 1 aromatic rings. The van der Waals surface area contributed by atoms with Crippen LogP contribution in [0.4, 0.5) is 5.82 Å². The smallest absolute Gasteiger partial charge is 0.331 e. The number of benzene rings is 1. The fourth-order valence-electron chi connectivity index (χ4n) is 5.47. The zero-order valence-corrected chi connectivity index (χ0v) is 20.1. The molecule has 1 fully saturated rings. The maximum atomic E-state index is 13.4. The molecule has 1 amide bonds. The number of amides is 1. The van der Waals surface area contributed by atoms with Crippen LogP contribution in [-0.4, -0.2) is 37.6 Å². The van der Waals surface area contributed by atoms with Crippen LogP contribution in [-0.2, 0) is 24.3 Å². The van der Waals surface area contributed by atoms with Gasteiger partial charge in [-0.2, -0.15) is 0 Å². The summed E-state index contributed by atoms with van der Waals surface area (Å²) in [6.45, 7) is 5.68. The van der Waals surface area contributed by atoms with Crippen LogP contribution >= 0.6 is 0 Å². The van der Waals surface area contributed by atoms with E-state index in [1.165, 1.54) is 5.56 Å². The maximum Gasteiger partial charge on any atom is 0.331 e. The van der Waals surface area contributed by atoms with Gasteiger partial charge in [0.25, 0.3) is 0 Å². The van der Waals surface area contributed by atoms with Crippen molar-refractivity contribution in [1.29, 1.82) is 0 Å². The lowest BCUT2D eigenvalue weighted by atomic mass is 9.81. The summed E-state index contributed by atoms with van der Waals surface area (Å²) in [6, 6.07) is 10.5. The molecule has 1 saturated carbocycles.